The van der Waals surface area contributed by atoms with E-state index in [1.54, 1.807) is 6.92 Å². The van der Waals surface area contributed by atoms with E-state index in [2.05, 4.69) is 4.98 Å². The van der Waals surface area contributed by atoms with E-state index in [1.165, 1.54) is 41.4 Å². The number of pyridine rings is 1. The normalized spacial score (nSPS) is 20.2. The van der Waals surface area contributed by atoms with E-state index in [4.69, 9.17) is 4.74 Å². The highest BCUT2D eigenvalue weighted by molar-refractivity contribution is 6.06. The molecule has 2 aromatic rings. The Morgan fingerprint density at radius 1 is 1.19 bits per heavy atom. The molecule has 0 spiro atoms. The zero-order chi connectivity index (χ0) is 22.3. The zero-order valence-corrected chi connectivity index (χ0v) is 17.1. The van der Waals surface area contributed by atoms with Gasteiger partial charge in [0.25, 0.3) is 11.8 Å². The molecule has 9 heteroatoms. The summed E-state index contributed by atoms with van der Waals surface area (Å²) in [5, 5.41) is 0. The fraction of sp³-hybridized carbons (Fsp3) is 0.409. The summed E-state index contributed by atoms with van der Waals surface area (Å²) >= 11 is 0. The summed E-state index contributed by atoms with van der Waals surface area (Å²) in [4.78, 5) is 32.8. The van der Waals surface area contributed by atoms with E-state index < -0.39 is 23.7 Å². The van der Waals surface area contributed by atoms with E-state index in [-0.39, 0.29) is 36.3 Å². The van der Waals surface area contributed by atoms with Crippen molar-refractivity contribution in [3.8, 4) is 0 Å². The number of nitrogens with zero attached hydrogens (tertiary/aromatic N) is 3. The van der Waals surface area contributed by atoms with Crippen LogP contribution in [-0.2, 0) is 26.8 Å². The Morgan fingerprint density at radius 3 is 2.42 bits per heavy atom. The highest BCUT2D eigenvalue weighted by atomic mass is 19.3. The van der Waals surface area contributed by atoms with Crippen molar-refractivity contribution in [2.24, 2.45) is 5.92 Å². The van der Waals surface area contributed by atoms with E-state index in [0.29, 0.717) is 24.3 Å². The summed E-state index contributed by atoms with van der Waals surface area (Å²) in [6.07, 6.45) is 1.44. The number of aromatic nitrogens is 1. The van der Waals surface area contributed by atoms with Crippen LogP contribution in [-0.4, -0.2) is 47.5 Å². The third kappa shape index (κ3) is 4.14. The Kier molecular flexibility index (Phi) is 5.47. The fourth-order valence-corrected chi connectivity index (χ4v) is 3.83. The number of hydrogen-bond acceptors (Lipinski definition) is 4. The molecule has 0 N–H and O–H groups in total. The van der Waals surface area contributed by atoms with Gasteiger partial charge in [0.1, 0.15) is 12.6 Å². The van der Waals surface area contributed by atoms with Crippen LogP contribution in [0.25, 0.3) is 0 Å². The largest absolute Gasteiger partial charge is 0.380 e. The Hall–Kier alpha value is -2.94. The van der Waals surface area contributed by atoms with Crippen LogP contribution >= 0.6 is 0 Å². The molecule has 2 aliphatic rings. The second kappa shape index (κ2) is 7.96. The average molecular weight is 433 g/mol. The molecule has 3 heterocycles. The maximum absolute atomic E-state index is 14.5. The molecule has 2 saturated heterocycles. The van der Waals surface area contributed by atoms with E-state index in [9.17, 15) is 22.8 Å². The van der Waals surface area contributed by atoms with Crippen molar-refractivity contribution in [2.75, 3.05) is 24.7 Å². The molecule has 0 bridgehead atoms. The number of hydrogen-bond donors (Lipinski definition) is 0. The van der Waals surface area contributed by atoms with Gasteiger partial charge in [-0.2, -0.15) is 0 Å². The monoisotopic (exact) mass is 433 g/mol. The molecule has 31 heavy (non-hydrogen) atoms. The summed E-state index contributed by atoms with van der Waals surface area (Å²) in [7, 11) is 0. The van der Waals surface area contributed by atoms with Crippen LogP contribution in [0.4, 0.5) is 19.0 Å². The number of amides is 2. The van der Waals surface area contributed by atoms with Crippen LogP contribution in [0.1, 0.15) is 23.6 Å². The highest BCUT2D eigenvalue weighted by Crippen LogP contribution is 2.31. The molecule has 0 aliphatic carbocycles. The van der Waals surface area contributed by atoms with Crippen molar-refractivity contribution < 1.29 is 27.5 Å². The van der Waals surface area contributed by atoms with Gasteiger partial charge in [0.2, 0.25) is 5.91 Å². The molecule has 4 rings (SSSR count). The first-order valence-corrected chi connectivity index (χ1v) is 9.93. The molecule has 1 unspecified atom stereocenters. The molecule has 0 radical (unpaired) electrons. The maximum atomic E-state index is 14.5. The van der Waals surface area contributed by atoms with Crippen molar-refractivity contribution in [3.63, 3.8) is 0 Å². The van der Waals surface area contributed by atoms with E-state index in [0.717, 1.165) is 11.8 Å². The van der Waals surface area contributed by atoms with Crippen LogP contribution < -0.4 is 4.90 Å². The number of carbonyl (C=O) groups excluding carboxylic acids is 2. The van der Waals surface area contributed by atoms with Gasteiger partial charge in [-0.05, 0) is 24.1 Å². The number of aryl methyl sites for hydroxylation is 1. The number of rotatable bonds is 5. The average Bonchev–Trinajstić information content (AvgIpc) is 2.66. The lowest BCUT2D eigenvalue weighted by molar-refractivity contribution is -0.155. The number of alkyl halides is 2. The van der Waals surface area contributed by atoms with E-state index >= 15 is 0 Å². The number of anilines is 1. The van der Waals surface area contributed by atoms with Gasteiger partial charge in [-0.25, -0.2) is 18.2 Å². The topological polar surface area (TPSA) is 62.7 Å². The van der Waals surface area contributed by atoms with Gasteiger partial charge >= 0.3 is 0 Å². The highest BCUT2D eigenvalue weighted by Gasteiger charge is 2.47. The van der Waals surface area contributed by atoms with Crippen LogP contribution in [0.5, 0.6) is 0 Å². The Morgan fingerprint density at radius 2 is 1.87 bits per heavy atom. The molecule has 1 aromatic carbocycles. The molecule has 2 amide bonds. The molecule has 1 aromatic heterocycles. The lowest BCUT2D eigenvalue weighted by atomic mass is 9.92. The minimum atomic E-state index is -2.97. The maximum Gasteiger partial charge on any atom is 0.270 e. The molecule has 0 saturated carbocycles. The first-order chi connectivity index (χ1) is 14.6. The third-order valence-corrected chi connectivity index (χ3v) is 5.61. The molecular weight excluding hydrogens is 411 g/mol. The molecule has 6 nitrogen and oxygen atoms in total. The van der Waals surface area contributed by atoms with Gasteiger partial charge in [0.15, 0.2) is 11.6 Å². The van der Waals surface area contributed by atoms with Gasteiger partial charge in [0, 0.05) is 31.1 Å². The summed E-state index contributed by atoms with van der Waals surface area (Å²) in [5.41, 5.74) is 1.09. The number of halogens is 3. The molecule has 2 aliphatic heterocycles. The van der Waals surface area contributed by atoms with E-state index in [1.807, 2.05) is 0 Å². The number of piperazine rings is 1. The molecule has 2 fully saturated rings. The van der Waals surface area contributed by atoms with Crippen LogP contribution in [0.15, 0.2) is 36.5 Å². The van der Waals surface area contributed by atoms with Crippen molar-refractivity contribution in [3.05, 3.63) is 59.0 Å². The molecule has 1 atom stereocenters. The summed E-state index contributed by atoms with van der Waals surface area (Å²) < 4.78 is 46.6. The summed E-state index contributed by atoms with van der Waals surface area (Å²) in [5.74, 6) is -4.85. The van der Waals surface area contributed by atoms with Crippen molar-refractivity contribution >= 4 is 17.6 Å². The number of benzene rings is 1. The minimum absolute atomic E-state index is 0.0823. The lowest BCUT2D eigenvalue weighted by Gasteiger charge is -2.45. The summed E-state index contributed by atoms with van der Waals surface area (Å²) in [6.45, 7) is 2.84. The van der Waals surface area contributed by atoms with Gasteiger partial charge in [0.05, 0.1) is 13.2 Å². The quantitative estimate of drug-likeness (QED) is 0.727. The Labute approximate surface area is 177 Å². The molecule has 164 valence electrons. The van der Waals surface area contributed by atoms with Crippen LogP contribution in [0.2, 0.25) is 0 Å². The zero-order valence-electron chi connectivity index (χ0n) is 17.1. The fourth-order valence-electron chi connectivity index (χ4n) is 3.83. The van der Waals surface area contributed by atoms with Gasteiger partial charge < -0.3 is 9.64 Å². The number of carbonyl (C=O) groups is 2. The Balaban J connectivity index is 1.61. The molecular formula is C22H22F3N3O3. The summed E-state index contributed by atoms with van der Waals surface area (Å²) in [6, 6.07) is 6.08. The van der Waals surface area contributed by atoms with Crippen molar-refractivity contribution in [1.29, 1.82) is 0 Å². The second-order valence-corrected chi connectivity index (χ2v) is 8.09. The predicted octanol–water partition coefficient (Wildman–Crippen LogP) is 3.03. The smallest absolute Gasteiger partial charge is 0.270 e. The van der Waals surface area contributed by atoms with Gasteiger partial charge in [-0.1, -0.05) is 24.3 Å². The SMILES string of the molecule is Cc1cnc(N2CC(=O)N(Cc3ccc(C(C)(F)F)cc3)C(C3COC3)C2=O)c(F)c1. The number of ether oxygens (including phenoxy) is 1. The third-order valence-electron chi connectivity index (χ3n) is 5.61. The predicted molar refractivity (Wildman–Crippen MR) is 106 cm³/mol. The second-order valence-electron chi connectivity index (χ2n) is 8.09. The van der Waals surface area contributed by atoms with Crippen molar-refractivity contribution in [2.45, 2.75) is 32.4 Å². The first kappa shape index (κ1) is 21.3. The van der Waals surface area contributed by atoms with Crippen molar-refractivity contribution in [1.82, 2.24) is 9.88 Å². The van der Waals surface area contributed by atoms with Crippen LogP contribution in [0, 0.1) is 18.7 Å². The standard InChI is InChI=1S/C22H22F3N3O3/c1-13-7-17(23)20(26-8-13)28-10-18(29)27(19(21(28)30)15-11-31-12-15)9-14-3-5-16(6-4-14)22(2,24)25/h3-8,15,19H,9-12H2,1-2H3. The minimum Gasteiger partial charge on any atom is -0.380 e. The first-order valence-electron chi connectivity index (χ1n) is 9.93. The van der Waals surface area contributed by atoms with Gasteiger partial charge in [-0.15, -0.1) is 0 Å². The Bertz CT molecular complexity index is 1000. The lowest BCUT2D eigenvalue weighted by Crippen LogP contribution is -2.65. The van der Waals surface area contributed by atoms with Gasteiger partial charge in [-0.3, -0.25) is 14.5 Å². The van der Waals surface area contributed by atoms with Crippen LogP contribution in [0.3, 0.4) is 0 Å².